The van der Waals surface area contributed by atoms with Gasteiger partial charge in [0.05, 0.1) is 11.6 Å². The Balaban J connectivity index is 1.97. The van der Waals surface area contributed by atoms with E-state index in [0.717, 1.165) is 6.42 Å². The van der Waals surface area contributed by atoms with Crippen molar-refractivity contribution >= 4 is 23.5 Å². The number of carbonyl (C=O) groups is 3. The molecule has 0 radical (unpaired) electrons. The molecule has 1 aliphatic heterocycles. The SMILES string of the molecule is CC(C)[C@@](C)(C#N)NC(=O)COC(=O)c1cccc(N2CCCC2=O)c1. The molecule has 1 fully saturated rings. The molecule has 1 atom stereocenters. The summed E-state index contributed by atoms with van der Waals surface area (Å²) in [4.78, 5) is 37.6. The first-order valence-electron chi connectivity index (χ1n) is 8.56. The number of hydrogen-bond acceptors (Lipinski definition) is 5. The fourth-order valence-corrected chi connectivity index (χ4v) is 2.56. The number of carbonyl (C=O) groups excluding carboxylic acids is 3. The third kappa shape index (κ3) is 4.39. The first-order chi connectivity index (χ1) is 12.3. The smallest absolute Gasteiger partial charge is 0.338 e. The Hall–Kier alpha value is -2.88. The van der Waals surface area contributed by atoms with Crippen LogP contribution in [-0.4, -0.2) is 36.5 Å². The molecule has 7 nitrogen and oxygen atoms in total. The van der Waals surface area contributed by atoms with Crippen LogP contribution in [0.25, 0.3) is 0 Å². The Labute approximate surface area is 152 Å². The van der Waals surface area contributed by atoms with Crippen molar-refractivity contribution in [3.05, 3.63) is 29.8 Å². The van der Waals surface area contributed by atoms with Gasteiger partial charge in [0.25, 0.3) is 5.91 Å². The number of anilines is 1. The van der Waals surface area contributed by atoms with Crippen molar-refractivity contribution in [1.82, 2.24) is 5.32 Å². The molecule has 0 bridgehead atoms. The van der Waals surface area contributed by atoms with Gasteiger partial charge in [0, 0.05) is 18.7 Å². The first kappa shape index (κ1) is 19.4. The van der Waals surface area contributed by atoms with E-state index >= 15 is 0 Å². The van der Waals surface area contributed by atoms with Crippen molar-refractivity contribution in [3.8, 4) is 6.07 Å². The molecular weight excluding hydrogens is 334 g/mol. The van der Waals surface area contributed by atoms with Gasteiger partial charge < -0.3 is 15.0 Å². The monoisotopic (exact) mass is 357 g/mol. The van der Waals surface area contributed by atoms with Crippen LogP contribution in [-0.2, 0) is 14.3 Å². The first-order valence-corrected chi connectivity index (χ1v) is 8.56. The number of ether oxygens (including phenoxy) is 1. The highest BCUT2D eigenvalue weighted by molar-refractivity contribution is 5.97. The molecule has 0 unspecified atom stereocenters. The van der Waals surface area contributed by atoms with Crippen LogP contribution in [0.5, 0.6) is 0 Å². The number of amides is 2. The molecule has 7 heteroatoms. The van der Waals surface area contributed by atoms with Gasteiger partial charge in [-0.3, -0.25) is 9.59 Å². The van der Waals surface area contributed by atoms with E-state index in [1.165, 1.54) is 0 Å². The maximum Gasteiger partial charge on any atom is 0.338 e. The molecule has 1 saturated heterocycles. The number of nitriles is 1. The summed E-state index contributed by atoms with van der Waals surface area (Å²) in [6.07, 6.45) is 1.30. The number of nitrogens with one attached hydrogen (secondary N) is 1. The molecule has 2 amide bonds. The number of rotatable bonds is 6. The molecule has 0 aromatic heterocycles. The van der Waals surface area contributed by atoms with Gasteiger partial charge in [0.2, 0.25) is 5.91 Å². The zero-order valence-corrected chi connectivity index (χ0v) is 15.2. The number of nitrogens with zero attached hydrogens (tertiary/aromatic N) is 2. The van der Waals surface area contributed by atoms with Crippen LogP contribution in [0, 0.1) is 17.2 Å². The van der Waals surface area contributed by atoms with E-state index in [4.69, 9.17) is 4.74 Å². The van der Waals surface area contributed by atoms with Crippen LogP contribution in [0.15, 0.2) is 24.3 Å². The highest BCUT2D eigenvalue weighted by atomic mass is 16.5. The van der Waals surface area contributed by atoms with E-state index < -0.39 is 24.0 Å². The molecule has 26 heavy (non-hydrogen) atoms. The van der Waals surface area contributed by atoms with Crippen molar-refractivity contribution in [1.29, 1.82) is 5.26 Å². The van der Waals surface area contributed by atoms with E-state index in [0.29, 0.717) is 18.7 Å². The summed E-state index contributed by atoms with van der Waals surface area (Å²) in [5, 5.41) is 11.8. The Kier molecular flexibility index (Phi) is 5.98. The lowest BCUT2D eigenvalue weighted by Gasteiger charge is -2.27. The van der Waals surface area contributed by atoms with Crippen molar-refractivity contribution in [2.24, 2.45) is 5.92 Å². The van der Waals surface area contributed by atoms with E-state index in [9.17, 15) is 19.6 Å². The van der Waals surface area contributed by atoms with Crippen LogP contribution in [0.2, 0.25) is 0 Å². The van der Waals surface area contributed by atoms with Crippen molar-refractivity contribution in [2.45, 2.75) is 39.2 Å². The minimum Gasteiger partial charge on any atom is -0.452 e. The maximum absolute atomic E-state index is 12.2. The second-order valence-corrected chi connectivity index (χ2v) is 6.79. The number of esters is 1. The van der Waals surface area contributed by atoms with Gasteiger partial charge in [-0.2, -0.15) is 5.26 Å². The quantitative estimate of drug-likeness (QED) is 0.785. The van der Waals surface area contributed by atoms with Gasteiger partial charge >= 0.3 is 5.97 Å². The fourth-order valence-electron chi connectivity index (χ4n) is 2.56. The topological polar surface area (TPSA) is 99.5 Å². The summed E-state index contributed by atoms with van der Waals surface area (Å²) in [6.45, 7) is 5.41. The lowest BCUT2D eigenvalue weighted by atomic mass is 9.90. The maximum atomic E-state index is 12.2. The molecule has 0 aliphatic carbocycles. The fraction of sp³-hybridized carbons (Fsp3) is 0.474. The molecule has 1 aromatic carbocycles. The van der Waals surface area contributed by atoms with Gasteiger partial charge in [-0.1, -0.05) is 19.9 Å². The van der Waals surface area contributed by atoms with Crippen LogP contribution in [0.1, 0.15) is 44.0 Å². The van der Waals surface area contributed by atoms with Crippen molar-refractivity contribution in [3.63, 3.8) is 0 Å². The second-order valence-electron chi connectivity index (χ2n) is 6.79. The Morgan fingerprint density at radius 3 is 2.73 bits per heavy atom. The third-order valence-corrected chi connectivity index (χ3v) is 4.59. The lowest BCUT2D eigenvalue weighted by Crippen LogP contribution is -2.50. The van der Waals surface area contributed by atoms with Gasteiger partial charge in [-0.05, 0) is 37.5 Å². The van der Waals surface area contributed by atoms with Gasteiger partial charge in [0.15, 0.2) is 6.61 Å². The summed E-state index contributed by atoms with van der Waals surface area (Å²) < 4.78 is 5.04. The van der Waals surface area contributed by atoms with Crippen molar-refractivity contribution in [2.75, 3.05) is 18.1 Å². The average Bonchev–Trinajstić information content (AvgIpc) is 3.05. The molecule has 1 N–H and O–H groups in total. The minimum atomic E-state index is -1.03. The van der Waals surface area contributed by atoms with Gasteiger partial charge in [-0.15, -0.1) is 0 Å². The second kappa shape index (κ2) is 8.00. The summed E-state index contributed by atoms with van der Waals surface area (Å²) in [5.74, 6) is -1.26. The van der Waals surface area contributed by atoms with Crippen molar-refractivity contribution < 1.29 is 19.1 Å². The Morgan fingerprint density at radius 2 is 2.15 bits per heavy atom. The molecule has 0 spiro atoms. The largest absolute Gasteiger partial charge is 0.452 e. The van der Waals surface area contributed by atoms with Crippen LogP contribution >= 0.6 is 0 Å². The predicted octanol–water partition coefficient (Wildman–Crippen LogP) is 2.02. The molecule has 2 rings (SSSR count). The van der Waals surface area contributed by atoms with Gasteiger partial charge in [0.1, 0.15) is 5.54 Å². The standard InChI is InChI=1S/C19H23N3O4/c1-13(2)19(3,12-20)21-16(23)11-26-18(25)14-6-4-7-15(10-14)22-9-5-8-17(22)24/h4,6-7,10,13H,5,8-9,11H2,1-3H3,(H,21,23)/t19-/m1/s1. The normalized spacial score (nSPS) is 16.1. The molecule has 138 valence electrons. The van der Waals surface area contributed by atoms with E-state index in [1.807, 2.05) is 13.8 Å². The summed E-state index contributed by atoms with van der Waals surface area (Å²) >= 11 is 0. The third-order valence-electron chi connectivity index (χ3n) is 4.59. The lowest BCUT2D eigenvalue weighted by molar-refractivity contribution is -0.125. The molecule has 1 aliphatic rings. The van der Waals surface area contributed by atoms with E-state index in [-0.39, 0.29) is 17.4 Å². The number of benzene rings is 1. The van der Waals surface area contributed by atoms with Crippen LogP contribution in [0.3, 0.4) is 0 Å². The highest BCUT2D eigenvalue weighted by Gasteiger charge is 2.30. The minimum absolute atomic E-state index is 0.0272. The van der Waals surface area contributed by atoms with Crippen LogP contribution < -0.4 is 10.2 Å². The molecular formula is C19H23N3O4. The Bertz CT molecular complexity index is 753. The summed E-state index contributed by atoms with van der Waals surface area (Å²) in [7, 11) is 0. The molecule has 1 aromatic rings. The zero-order chi connectivity index (χ0) is 19.3. The molecule has 0 saturated carbocycles. The molecule has 1 heterocycles. The van der Waals surface area contributed by atoms with Gasteiger partial charge in [-0.25, -0.2) is 4.79 Å². The number of hydrogen-bond donors (Lipinski definition) is 1. The predicted molar refractivity (Wildman–Crippen MR) is 95.3 cm³/mol. The zero-order valence-electron chi connectivity index (χ0n) is 15.2. The summed E-state index contributed by atoms with van der Waals surface area (Å²) in [6, 6.07) is 8.64. The van der Waals surface area contributed by atoms with E-state index in [2.05, 4.69) is 11.4 Å². The van der Waals surface area contributed by atoms with Crippen LogP contribution in [0.4, 0.5) is 5.69 Å². The Morgan fingerprint density at radius 1 is 1.42 bits per heavy atom. The average molecular weight is 357 g/mol. The van der Waals surface area contributed by atoms with E-state index in [1.54, 1.807) is 36.1 Å². The highest BCUT2D eigenvalue weighted by Crippen LogP contribution is 2.22. The summed E-state index contributed by atoms with van der Waals surface area (Å²) in [5.41, 5.74) is -0.121.